The van der Waals surface area contributed by atoms with Crippen LogP contribution in [0, 0.1) is 16.7 Å². The normalized spacial score (nSPS) is 13.8. The van der Waals surface area contributed by atoms with E-state index < -0.39 is 17.2 Å². The van der Waals surface area contributed by atoms with Crippen LogP contribution in [-0.2, 0) is 9.59 Å². The first kappa shape index (κ1) is 19.5. The molecule has 8 heteroatoms. The van der Waals surface area contributed by atoms with E-state index in [2.05, 4.69) is 10.6 Å². The summed E-state index contributed by atoms with van der Waals surface area (Å²) in [5.41, 5.74) is -0.137. The monoisotopic (exact) mass is 399 g/mol. The molecule has 0 heterocycles. The Hall–Kier alpha value is -3.24. The Balaban J connectivity index is 1.81. The summed E-state index contributed by atoms with van der Waals surface area (Å²) >= 11 is 6.08. The topological polar surface area (TPSA) is 100 Å². The van der Waals surface area contributed by atoms with Gasteiger partial charge in [-0.1, -0.05) is 23.7 Å². The summed E-state index contributed by atoms with van der Waals surface area (Å²) in [5.74, 6) is -0.185. The molecule has 2 aromatic carbocycles. The van der Waals surface area contributed by atoms with E-state index in [0.717, 1.165) is 0 Å². The lowest BCUT2D eigenvalue weighted by Gasteiger charge is -2.18. The maximum absolute atomic E-state index is 12.9. The van der Waals surface area contributed by atoms with Gasteiger partial charge < -0.3 is 20.1 Å². The number of nitrogens with zero attached hydrogens (tertiary/aromatic N) is 1. The molecule has 7 nitrogen and oxygen atoms in total. The van der Waals surface area contributed by atoms with Crippen molar-refractivity contribution < 1.29 is 19.1 Å². The van der Waals surface area contributed by atoms with E-state index in [1.165, 1.54) is 26.4 Å². The molecule has 0 saturated heterocycles. The Morgan fingerprint density at radius 1 is 1.04 bits per heavy atom. The molecule has 0 unspecified atom stereocenters. The number of hydrogen-bond donors (Lipinski definition) is 2. The molecular formula is C20H18ClN3O4. The predicted octanol–water partition coefficient (Wildman–Crippen LogP) is 3.59. The number of methoxy groups -OCH3 is 2. The van der Waals surface area contributed by atoms with Gasteiger partial charge >= 0.3 is 0 Å². The Bertz CT molecular complexity index is 980. The molecule has 1 fully saturated rings. The van der Waals surface area contributed by atoms with Gasteiger partial charge in [0.25, 0.3) is 0 Å². The second kappa shape index (κ2) is 7.79. The summed E-state index contributed by atoms with van der Waals surface area (Å²) in [6, 6.07) is 11.7. The average Bonchev–Trinajstić information content (AvgIpc) is 3.51. The highest BCUT2D eigenvalue weighted by Gasteiger charge is 2.56. The molecule has 144 valence electrons. The van der Waals surface area contributed by atoms with E-state index >= 15 is 0 Å². The van der Waals surface area contributed by atoms with Crippen molar-refractivity contribution in [2.24, 2.45) is 5.41 Å². The van der Waals surface area contributed by atoms with Crippen LogP contribution < -0.4 is 20.1 Å². The number of ether oxygens (including phenoxy) is 2. The molecule has 1 aliphatic carbocycles. The van der Waals surface area contributed by atoms with Crippen LogP contribution in [0.15, 0.2) is 36.4 Å². The number of rotatable bonds is 6. The Kier molecular flexibility index (Phi) is 5.43. The van der Waals surface area contributed by atoms with Gasteiger partial charge in [-0.2, -0.15) is 5.26 Å². The summed E-state index contributed by atoms with van der Waals surface area (Å²) in [6.45, 7) is 0. The number of amides is 2. The van der Waals surface area contributed by atoms with Crippen LogP contribution in [0.2, 0.25) is 5.02 Å². The number of para-hydroxylation sites is 1. The highest BCUT2D eigenvalue weighted by atomic mass is 35.5. The largest absolute Gasteiger partial charge is 0.495 e. The standard InChI is InChI=1S/C20H18ClN3O4/c1-27-16-10-15(17(28-2)9-13(16)21)24-19(26)20(7-8-20)18(25)23-14-6-4-3-5-12(14)11-22/h3-6,9-10H,7-8H2,1-2H3,(H,23,25)(H,24,26). The second-order valence-electron chi connectivity index (χ2n) is 6.33. The fourth-order valence-electron chi connectivity index (χ4n) is 2.81. The molecule has 3 rings (SSSR count). The van der Waals surface area contributed by atoms with Gasteiger partial charge in [0.2, 0.25) is 11.8 Å². The third kappa shape index (κ3) is 3.59. The molecule has 28 heavy (non-hydrogen) atoms. The molecule has 2 N–H and O–H groups in total. The first-order valence-electron chi connectivity index (χ1n) is 8.48. The van der Waals surface area contributed by atoms with Crippen molar-refractivity contribution in [1.82, 2.24) is 0 Å². The van der Waals surface area contributed by atoms with Gasteiger partial charge in [0.1, 0.15) is 23.0 Å². The van der Waals surface area contributed by atoms with Crippen LogP contribution in [0.25, 0.3) is 0 Å². The van der Waals surface area contributed by atoms with E-state index in [-0.39, 0.29) is 0 Å². The number of nitrogens with one attached hydrogen (secondary N) is 2. The van der Waals surface area contributed by atoms with Crippen molar-refractivity contribution in [3.8, 4) is 17.6 Å². The average molecular weight is 400 g/mol. The Morgan fingerprint density at radius 3 is 2.21 bits per heavy atom. The molecule has 2 aromatic rings. The van der Waals surface area contributed by atoms with Crippen molar-refractivity contribution in [2.45, 2.75) is 12.8 Å². The molecule has 0 radical (unpaired) electrons. The number of nitriles is 1. The van der Waals surface area contributed by atoms with Crippen LogP contribution in [0.1, 0.15) is 18.4 Å². The predicted molar refractivity (Wildman–Crippen MR) is 105 cm³/mol. The molecule has 0 bridgehead atoms. The van der Waals surface area contributed by atoms with Gasteiger partial charge in [0, 0.05) is 12.1 Å². The van der Waals surface area contributed by atoms with Crippen molar-refractivity contribution in [1.29, 1.82) is 5.26 Å². The highest BCUT2D eigenvalue weighted by Crippen LogP contribution is 2.48. The fraction of sp³-hybridized carbons (Fsp3) is 0.250. The maximum atomic E-state index is 12.9. The number of halogens is 1. The fourth-order valence-corrected chi connectivity index (χ4v) is 3.04. The molecule has 2 amide bonds. The number of anilines is 2. The number of carbonyl (C=O) groups excluding carboxylic acids is 2. The minimum Gasteiger partial charge on any atom is -0.495 e. The van der Waals surface area contributed by atoms with E-state index in [1.54, 1.807) is 24.3 Å². The van der Waals surface area contributed by atoms with Crippen molar-refractivity contribution in [3.05, 3.63) is 47.0 Å². The molecule has 0 aliphatic heterocycles. The van der Waals surface area contributed by atoms with Crippen LogP contribution >= 0.6 is 11.6 Å². The van der Waals surface area contributed by atoms with E-state index in [9.17, 15) is 9.59 Å². The smallest absolute Gasteiger partial charge is 0.240 e. The summed E-state index contributed by atoms with van der Waals surface area (Å²) in [5, 5.41) is 14.9. The lowest BCUT2D eigenvalue weighted by molar-refractivity contribution is -0.131. The first-order chi connectivity index (χ1) is 13.4. The molecule has 0 spiro atoms. The highest BCUT2D eigenvalue weighted by molar-refractivity contribution is 6.32. The maximum Gasteiger partial charge on any atom is 0.240 e. The zero-order valence-electron chi connectivity index (χ0n) is 15.3. The third-order valence-corrected chi connectivity index (χ3v) is 4.93. The summed E-state index contributed by atoms with van der Waals surface area (Å²) < 4.78 is 10.4. The van der Waals surface area contributed by atoms with Crippen molar-refractivity contribution in [2.75, 3.05) is 24.9 Å². The van der Waals surface area contributed by atoms with E-state index in [0.29, 0.717) is 46.3 Å². The molecule has 0 atom stereocenters. The summed E-state index contributed by atoms with van der Waals surface area (Å²) in [4.78, 5) is 25.6. The van der Waals surface area contributed by atoms with Gasteiger partial charge in [0.15, 0.2) is 0 Å². The lowest BCUT2D eigenvalue weighted by atomic mass is 10.0. The van der Waals surface area contributed by atoms with E-state index in [1.807, 2.05) is 6.07 Å². The Morgan fingerprint density at radius 2 is 1.64 bits per heavy atom. The minimum absolute atomic E-state index is 0.330. The van der Waals surface area contributed by atoms with Crippen LogP contribution in [0.4, 0.5) is 11.4 Å². The van der Waals surface area contributed by atoms with Crippen molar-refractivity contribution in [3.63, 3.8) is 0 Å². The minimum atomic E-state index is -1.19. The zero-order chi connectivity index (χ0) is 20.3. The number of hydrogen-bond acceptors (Lipinski definition) is 5. The van der Waals surface area contributed by atoms with Crippen LogP contribution in [0.3, 0.4) is 0 Å². The number of benzene rings is 2. The number of carbonyl (C=O) groups is 2. The quantitative estimate of drug-likeness (QED) is 0.723. The molecule has 1 saturated carbocycles. The molecule has 1 aliphatic rings. The molecular weight excluding hydrogens is 382 g/mol. The van der Waals surface area contributed by atoms with Gasteiger partial charge in [-0.15, -0.1) is 0 Å². The van der Waals surface area contributed by atoms with Gasteiger partial charge in [0.05, 0.1) is 36.2 Å². The van der Waals surface area contributed by atoms with Crippen LogP contribution in [-0.4, -0.2) is 26.0 Å². The van der Waals surface area contributed by atoms with E-state index in [4.69, 9.17) is 26.3 Å². The third-order valence-electron chi connectivity index (χ3n) is 4.64. The zero-order valence-corrected chi connectivity index (χ0v) is 16.1. The summed E-state index contributed by atoms with van der Waals surface area (Å²) in [7, 11) is 2.91. The van der Waals surface area contributed by atoms with Gasteiger partial charge in [-0.05, 0) is 25.0 Å². The van der Waals surface area contributed by atoms with Gasteiger partial charge in [-0.3, -0.25) is 9.59 Å². The first-order valence-corrected chi connectivity index (χ1v) is 8.86. The molecule has 0 aromatic heterocycles. The lowest BCUT2D eigenvalue weighted by Crippen LogP contribution is -2.36. The second-order valence-corrected chi connectivity index (χ2v) is 6.74. The summed E-state index contributed by atoms with van der Waals surface area (Å²) in [6.07, 6.45) is 0.818. The van der Waals surface area contributed by atoms with Crippen molar-refractivity contribution >= 4 is 34.8 Å². The Labute approximate surface area is 167 Å². The SMILES string of the molecule is COc1cc(NC(=O)C2(C(=O)Nc3ccccc3C#N)CC2)c(OC)cc1Cl. The van der Waals surface area contributed by atoms with Crippen LogP contribution in [0.5, 0.6) is 11.5 Å². The van der Waals surface area contributed by atoms with Gasteiger partial charge in [-0.25, -0.2) is 0 Å².